The van der Waals surface area contributed by atoms with Gasteiger partial charge in [0.15, 0.2) is 6.04 Å². The smallest absolute Gasteiger partial charge is 0.328 e. The van der Waals surface area contributed by atoms with Crippen LogP contribution in [0, 0.1) is 0 Å². The molecule has 0 spiro atoms. The number of aliphatic hydroxyl groups excluding tert-OH is 1. The summed E-state index contributed by atoms with van der Waals surface area (Å²) >= 11 is 0. The maximum absolute atomic E-state index is 11.2. The lowest BCUT2D eigenvalue weighted by molar-refractivity contribution is -0.144. The van der Waals surface area contributed by atoms with Crippen LogP contribution in [0.3, 0.4) is 0 Å². The molecule has 2 atom stereocenters. The number of hydrogen-bond donors (Lipinski definition) is 4. The van der Waals surface area contributed by atoms with Crippen molar-refractivity contribution >= 4 is 11.9 Å². The first kappa shape index (κ1) is 13.9. The molecule has 6 heteroatoms. The second-order valence-corrected chi connectivity index (χ2v) is 3.66. The summed E-state index contributed by atoms with van der Waals surface area (Å²) in [7, 11) is 0. The van der Waals surface area contributed by atoms with Crippen LogP contribution in [0.2, 0.25) is 0 Å². The third-order valence-electron chi connectivity index (χ3n) is 1.74. The van der Waals surface area contributed by atoms with E-state index in [0.717, 1.165) is 0 Å². The summed E-state index contributed by atoms with van der Waals surface area (Å²) in [4.78, 5) is 21.8. The molecule has 0 aliphatic carbocycles. The van der Waals surface area contributed by atoms with Gasteiger partial charge in [0.1, 0.15) is 0 Å². The van der Waals surface area contributed by atoms with Crippen molar-refractivity contribution in [2.75, 3.05) is 6.54 Å². The van der Waals surface area contributed by atoms with Crippen molar-refractivity contribution in [2.24, 2.45) is 0 Å². The molecule has 0 aliphatic rings. The third-order valence-corrected chi connectivity index (χ3v) is 1.74. The second kappa shape index (κ2) is 6.36. The number of hydrogen-bond acceptors (Lipinski definition) is 4. The summed E-state index contributed by atoms with van der Waals surface area (Å²) in [5, 5.41) is 22.8. The maximum atomic E-state index is 11.2. The number of amides is 1. The molecule has 0 aromatic heterocycles. The number of nitrogens with one attached hydrogen (secondary N) is 2. The van der Waals surface area contributed by atoms with Crippen molar-refractivity contribution in [3.63, 3.8) is 0 Å². The van der Waals surface area contributed by atoms with Crippen molar-refractivity contribution in [3.05, 3.63) is 0 Å². The van der Waals surface area contributed by atoms with Crippen LogP contribution < -0.4 is 10.6 Å². The minimum Gasteiger partial charge on any atom is -0.480 e. The first-order valence-corrected chi connectivity index (χ1v) is 4.78. The molecule has 4 N–H and O–H groups in total. The molecule has 6 nitrogen and oxygen atoms in total. The van der Waals surface area contributed by atoms with Crippen LogP contribution >= 0.6 is 0 Å². The van der Waals surface area contributed by atoms with E-state index < -0.39 is 24.0 Å². The van der Waals surface area contributed by atoms with E-state index in [0.29, 0.717) is 0 Å². The van der Waals surface area contributed by atoms with Crippen LogP contribution in [0.25, 0.3) is 0 Å². The highest BCUT2D eigenvalue weighted by Crippen LogP contribution is 1.92. The molecule has 1 amide bonds. The van der Waals surface area contributed by atoms with Gasteiger partial charge in [0.05, 0.1) is 12.6 Å². The van der Waals surface area contributed by atoms with Gasteiger partial charge in [0, 0.05) is 6.04 Å². The lowest BCUT2D eigenvalue weighted by Crippen LogP contribution is -2.50. The van der Waals surface area contributed by atoms with Crippen molar-refractivity contribution in [2.45, 2.75) is 39.0 Å². The van der Waals surface area contributed by atoms with Gasteiger partial charge in [-0.15, -0.1) is 0 Å². The molecule has 0 saturated carbocycles. The Bertz CT molecular complexity index is 228. The number of aliphatic carboxylic acids is 1. The van der Waals surface area contributed by atoms with E-state index in [1.54, 1.807) is 0 Å². The predicted octanol–water partition coefficient (Wildman–Crippen LogP) is -1.07. The summed E-state index contributed by atoms with van der Waals surface area (Å²) in [5.41, 5.74) is 0. The number of carbonyl (C=O) groups is 2. The van der Waals surface area contributed by atoms with E-state index in [2.05, 4.69) is 10.6 Å². The fourth-order valence-corrected chi connectivity index (χ4v) is 0.910. The van der Waals surface area contributed by atoms with Crippen molar-refractivity contribution in [1.82, 2.24) is 10.6 Å². The lowest BCUT2D eigenvalue weighted by Gasteiger charge is -2.17. The predicted molar refractivity (Wildman–Crippen MR) is 54.4 cm³/mol. The highest BCUT2D eigenvalue weighted by atomic mass is 16.4. The van der Waals surface area contributed by atoms with Crippen molar-refractivity contribution in [3.8, 4) is 0 Å². The van der Waals surface area contributed by atoms with E-state index in [9.17, 15) is 9.59 Å². The fourth-order valence-electron chi connectivity index (χ4n) is 0.910. The monoisotopic (exact) mass is 218 g/mol. The standard InChI is InChI=1S/C9H18N2O4/c1-5(2)10-4-7(13)11-8(6(3)12)9(14)15/h5-6,8,10,12H,4H2,1-3H3,(H,11,13)(H,14,15)/t6-,8+/m1/s1. The summed E-state index contributed by atoms with van der Waals surface area (Å²) in [6.45, 7) is 5.09. The first-order chi connectivity index (χ1) is 6.84. The average molecular weight is 218 g/mol. The molecule has 0 fully saturated rings. The Labute approximate surface area is 88.7 Å². The highest BCUT2D eigenvalue weighted by Gasteiger charge is 2.24. The van der Waals surface area contributed by atoms with E-state index in [1.165, 1.54) is 6.92 Å². The van der Waals surface area contributed by atoms with Gasteiger partial charge in [-0.05, 0) is 6.92 Å². The summed E-state index contributed by atoms with van der Waals surface area (Å²) in [6, 6.07) is -1.11. The zero-order chi connectivity index (χ0) is 12.0. The van der Waals surface area contributed by atoms with Crippen LogP contribution in [0.4, 0.5) is 0 Å². The van der Waals surface area contributed by atoms with Gasteiger partial charge in [-0.25, -0.2) is 4.79 Å². The minimum atomic E-state index is -1.26. The molecule has 0 saturated heterocycles. The average Bonchev–Trinajstić information content (AvgIpc) is 2.09. The van der Waals surface area contributed by atoms with Gasteiger partial charge in [-0.3, -0.25) is 4.79 Å². The molecule has 0 aromatic carbocycles. The molecule has 0 radical (unpaired) electrons. The summed E-state index contributed by atoms with van der Waals surface area (Å²) in [5.74, 6) is -1.69. The normalized spacial score (nSPS) is 14.7. The lowest BCUT2D eigenvalue weighted by atomic mass is 10.2. The van der Waals surface area contributed by atoms with Gasteiger partial charge >= 0.3 is 5.97 Å². The van der Waals surface area contributed by atoms with E-state index in [1.807, 2.05) is 13.8 Å². The highest BCUT2D eigenvalue weighted by molar-refractivity contribution is 5.85. The zero-order valence-corrected chi connectivity index (χ0v) is 9.15. The zero-order valence-electron chi connectivity index (χ0n) is 9.15. The Morgan fingerprint density at radius 3 is 2.13 bits per heavy atom. The summed E-state index contributed by atoms with van der Waals surface area (Å²) in [6.07, 6.45) is -1.12. The van der Waals surface area contributed by atoms with Gasteiger partial charge < -0.3 is 20.8 Å². The van der Waals surface area contributed by atoms with Crippen LogP contribution in [0.1, 0.15) is 20.8 Å². The Kier molecular flexibility index (Phi) is 5.88. The molecule has 0 rings (SSSR count). The molecule has 0 heterocycles. The van der Waals surface area contributed by atoms with Crippen LogP contribution in [0.15, 0.2) is 0 Å². The maximum Gasteiger partial charge on any atom is 0.328 e. The number of carboxylic acid groups (broad SMARTS) is 1. The van der Waals surface area contributed by atoms with Crippen molar-refractivity contribution < 1.29 is 19.8 Å². The number of carboxylic acids is 1. The molecular formula is C9H18N2O4. The Morgan fingerprint density at radius 1 is 1.27 bits per heavy atom. The van der Waals surface area contributed by atoms with Crippen molar-refractivity contribution in [1.29, 1.82) is 0 Å². The third kappa shape index (κ3) is 6.03. The molecule has 0 aliphatic heterocycles. The number of rotatable bonds is 6. The molecular weight excluding hydrogens is 200 g/mol. The fraction of sp³-hybridized carbons (Fsp3) is 0.778. The Hall–Kier alpha value is -1.14. The van der Waals surface area contributed by atoms with Gasteiger partial charge in [0.25, 0.3) is 0 Å². The Balaban J connectivity index is 4.07. The molecule has 15 heavy (non-hydrogen) atoms. The van der Waals surface area contributed by atoms with E-state index in [-0.39, 0.29) is 12.6 Å². The van der Waals surface area contributed by atoms with Gasteiger partial charge in [-0.1, -0.05) is 13.8 Å². The minimum absolute atomic E-state index is 0.0359. The molecule has 88 valence electrons. The van der Waals surface area contributed by atoms with E-state index in [4.69, 9.17) is 10.2 Å². The Morgan fingerprint density at radius 2 is 1.80 bits per heavy atom. The topological polar surface area (TPSA) is 98.7 Å². The number of carbonyl (C=O) groups excluding carboxylic acids is 1. The van der Waals surface area contributed by atoms with Crippen LogP contribution in [-0.4, -0.2) is 46.8 Å². The first-order valence-electron chi connectivity index (χ1n) is 4.78. The molecule has 0 unspecified atom stereocenters. The van der Waals surface area contributed by atoms with Gasteiger partial charge in [-0.2, -0.15) is 0 Å². The van der Waals surface area contributed by atoms with Crippen LogP contribution in [-0.2, 0) is 9.59 Å². The number of aliphatic hydroxyl groups is 1. The second-order valence-electron chi connectivity index (χ2n) is 3.66. The molecule has 0 bridgehead atoms. The summed E-state index contributed by atoms with van der Waals surface area (Å²) < 4.78 is 0. The van der Waals surface area contributed by atoms with E-state index >= 15 is 0 Å². The van der Waals surface area contributed by atoms with Gasteiger partial charge in [0.2, 0.25) is 5.91 Å². The SMILES string of the molecule is CC(C)NCC(=O)N[C@H](C(=O)O)[C@@H](C)O. The molecule has 0 aromatic rings. The quantitative estimate of drug-likeness (QED) is 0.455. The largest absolute Gasteiger partial charge is 0.480 e. The van der Waals surface area contributed by atoms with Crippen LogP contribution in [0.5, 0.6) is 0 Å².